The average Bonchev–Trinajstić information content (AvgIpc) is 2.36. The lowest BCUT2D eigenvalue weighted by Crippen LogP contribution is -2.48. The molecule has 0 aromatic rings. The molecule has 5 heteroatoms. The van der Waals surface area contributed by atoms with E-state index in [1.165, 1.54) is 0 Å². The van der Waals surface area contributed by atoms with Crippen molar-refractivity contribution in [3.05, 3.63) is 0 Å². The summed E-state index contributed by atoms with van der Waals surface area (Å²) < 4.78 is 0. The van der Waals surface area contributed by atoms with Gasteiger partial charge in [-0.3, -0.25) is 9.59 Å². The molecule has 1 amide bonds. The molecule has 3 N–H and O–H groups in total. The van der Waals surface area contributed by atoms with E-state index >= 15 is 0 Å². The molecular formula is C15H28N2O3. The van der Waals surface area contributed by atoms with Crippen LogP contribution in [0.15, 0.2) is 0 Å². The van der Waals surface area contributed by atoms with E-state index in [0.29, 0.717) is 18.9 Å². The summed E-state index contributed by atoms with van der Waals surface area (Å²) in [4.78, 5) is 22.6. The molecule has 0 saturated carbocycles. The number of aliphatic carboxylic acids is 1. The van der Waals surface area contributed by atoms with Crippen molar-refractivity contribution in [1.82, 2.24) is 10.6 Å². The Labute approximate surface area is 121 Å². The molecule has 0 bridgehead atoms. The van der Waals surface area contributed by atoms with Gasteiger partial charge >= 0.3 is 5.97 Å². The first-order chi connectivity index (χ1) is 9.30. The summed E-state index contributed by atoms with van der Waals surface area (Å²) in [5.41, 5.74) is -0.0566. The molecule has 1 aliphatic heterocycles. The fraction of sp³-hybridized carbons (Fsp3) is 0.867. The van der Waals surface area contributed by atoms with Gasteiger partial charge in [-0.25, -0.2) is 0 Å². The van der Waals surface area contributed by atoms with E-state index in [9.17, 15) is 9.59 Å². The third kappa shape index (κ3) is 6.37. The monoisotopic (exact) mass is 284 g/mol. The van der Waals surface area contributed by atoms with E-state index in [2.05, 4.69) is 17.6 Å². The van der Waals surface area contributed by atoms with Gasteiger partial charge in [-0.15, -0.1) is 0 Å². The van der Waals surface area contributed by atoms with Gasteiger partial charge in [0.1, 0.15) is 0 Å². The zero-order valence-electron chi connectivity index (χ0n) is 12.9. The number of carboxylic acids is 1. The molecule has 2 atom stereocenters. The summed E-state index contributed by atoms with van der Waals surface area (Å²) in [5.74, 6) is -0.0907. The predicted molar refractivity (Wildman–Crippen MR) is 78.5 cm³/mol. The van der Waals surface area contributed by atoms with Crippen LogP contribution in [0.3, 0.4) is 0 Å². The van der Waals surface area contributed by atoms with E-state index in [1.807, 2.05) is 13.8 Å². The maximum atomic E-state index is 12.0. The van der Waals surface area contributed by atoms with Crippen molar-refractivity contribution in [2.24, 2.45) is 11.3 Å². The molecule has 116 valence electrons. The quantitative estimate of drug-likeness (QED) is 0.666. The van der Waals surface area contributed by atoms with E-state index in [-0.39, 0.29) is 23.8 Å². The summed E-state index contributed by atoms with van der Waals surface area (Å²) in [6.45, 7) is 7.78. The van der Waals surface area contributed by atoms with Crippen LogP contribution < -0.4 is 10.6 Å². The Morgan fingerprint density at radius 1 is 1.35 bits per heavy atom. The molecule has 20 heavy (non-hydrogen) atoms. The Bertz CT molecular complexity index is 342. The number of carbonyl (C=O) groups excluding carboxylic acids is 1. The van der Waals surface area contributed by atoms with Crippen LogP contribution >= 0.6 is 0 Å². The number of hydrogen-bond acceptors (Lipinski definition) is 3. The van der Waals surface area contributed by atoms with Crippen LogP contribution in [0.2, 0.25) is 0 Å². The highest BCUT2D eigenvalue weighted by Crippen LogP contribution is 2.26. The standard InChI is InChI=1S/C15H28N2O3/c1-11-5-8-16-12(10-11)14(20)17-9-7-15(2,3)6-4-13(18)19/h11-12,16H,4-10H2,1-3H3,(H,17,20)(H,18,19). The molecule has 1 saturated heterocycles. The van der Waals surface area contributed by atoms with Gasteiger partial charge in [0.15, 0.2) is 0 Å². The molecule has 1 aliphatic rings. The summed E-state index contributed by atoms with van der Waals surface area (Å²) >= 11 is 0. The van der Waals surface area contributed by atoms with Gasteiger partial charge < -0.3 is 15.7 Å². The van der Waals surface area contributed by atoms with Gasteiger partial charge in [-0.2, -0.15) is 0 Å². The van der Waals surface area contributed by atoms with Crippen molar-refractivity contribution in [1.29, 1.82) is 0 Å². The number of nitrogens with one attached hydrogen (secondary N) is 2. The number of hydrogen-bond donors (Lipinski definition) is 3. The third-order valence-corrected chi connectivity index (χ3v) is 4.10. The molecule has 0 aromatic carbocycles. The van der Waals surface area contributed by atoms with Gasteiger partial charge in [0.2, 0.25) is 5.91 Å². The molecule has 1 heterocycles. The zero-order valence-corrected chi connectivity index (χ0v) is 12.9. The smallest absolute Gasteiger partial charge is 0.303 e. The van der Waals surface area contributed by atoms with Gasteiger partial charge in [-0.1, -0.05) is 20.8 Å². The van der Waals surface area contributed by atoms with E-state index < -0.39 is 5.97 Å². The molecule has 0 radical (unpaired) electrons. The molecule has 1 rings (SSSR count). The van der Waals surface area contributed by atoms with Crippen molar-refractivity contribution in [3.8, 4) is 0 Å². The van der Waals surface area contributed by atoms with Gasteiger partial charge in [-0.05, 0) is 43.6 Å². The van der Waals surface area contributed by atoms with Crippen LogP contribution in [-0.2, 0) is 9.59 Å². The first kappa shape index (κ1) is 17.0. The molecule has 2 unspecified atom stereocenters. The number of piperidine rings is 1. The summed E-state index contributed by atoms with van der Waals surface area (Å²) in [7, 11) is 0. The van der Waals surface area contributed by atoms with E-state index in [4.69, 9.17) is 5.11 Å². The Balaban J connectivity index is 2.25. The maximum absolute atomic E-state index is 12.0. The predicted octanol–water partition coefficient (Wildman–Crippen LogP) is 1.77. The summed E-state index contributed by atoms with van der Waals surface area (Å²) in [6, 6.07) is -0.0686. The molecular weight excluding hydrogens is 256 g/mol. The fourth-order valence-corrected chi connectivity index (χ4v) is 2.52. The summed E-state index contributed by atoms with van der Waals surface area (Å²) in [5, 5.41) is 14.9. The number of rotatable bonds is 7. The lowest BCUT2D eigenvalue weighted by Gasteiger charge is -2.28. The van der Waals surface area contributed by atoms with Gasteiger partial charge in [0, 0.05) is 13.0 Å². The van der Waals surface area contributed by atoms with Crippen molar-refractivity contribution in [2.45, 2.75) is 58.9 Å². The Morgan fingerprint density at radius 2 is 2.05 bits per heavy atom. The second-order valence-electron chi connectivity index (χ2n) is 6.74. The van der Waals surface area contributed by atoms with Crippen molar-refractivity contribution in [3.63, 3.8) is 0 Å². The molecule has 0 spiro atoms. The SMILES string of the molecule is CC1CCNC(C(=O)NCCC(C)(C)CCC(=O)O)C1. The average molecular weight is 284 g/mol. The highest BCUT2D eigenvalue weighted by atomic mass is 16.4. The van der Waals surface area contributed by atoms with Gasteiger partial charge in [0.25, 0.3) is 0 Å². The van der Waals surface area contributed by atoms with Crippen LogP contribution in [0.25, 0.3) is 0 Å². The number of amides is 1. The Kier molecular flexibility index (Phi) is 6.46. The maximum Gasteiger partial charge on any atom is 0.303 e. The van der Waals surface area contributed by atoms with Crippen LogP contribution in [0.4, 0.5) is 0 Å². The largest absolute Gasteiger partial charge is 0.481 e. The zero-order chi connectivity index (χ0) is 15.2. The van der Waals surface area contributed by atoms with Crippen LogP contribution in [-0.4, -0.2) is 36.1 Å². The Hall–Kier alpha value is -1.10. The number of carboxylic acid groups (broad SMARTS) is 1. The molecule has 0 aliphatic carbocycles. The molecule has 1 fully saturated rings. The highest BCUT2D eigenvalue weighted by molar-refractivity contribution is 5.81. The van der Waals surface area contributed by atoms with Crippen LogP contribution in [0.5, 0.6) is 0 Å². The van der Waals surface area contributed by atoms with Crippen LogP contribution in [0, 0.1) is 11.3 Å². The normalized spacial score (nSPS) is 23.4. The second-order valence-corrected chi connectivity index (χ2v) is 6.74. The first-order valence-electron chi connectivity index (χ1n) is 7.53. The molecule has 5 nitrogen and oxygen atoms in total. The topological polar surface area (TPSA) is 78.4 Å². The Morgan fingerprint density at radius 3 is 2.65 bits per heavy atom. The lowest BCUT2D eigenvalue weighted by atomic mass is 9.84. The lowest BCUT2D eigenvalue weighted by molar-refractivity contribution is -0.137. The molecule has 0 aromatic heterocycles. The fourth-order valence-electron chi connectivity index (χ4n) is 2.52. The number of carbonyl (C=O) groups is 2. The van der Waals surface area contributed by atoms with Crippen LogP contribution in [0.1, 0.15) is 52.9 Å². The first-order valence-corrected chi connectivity index (χ1v) is 7.53. The minimum atomic E-state index is -0.762. The summed E-state index contributed by atoms with van der Waals surface area (Å²) in [6.07, 6.45) is 3.65. The van der Waals surface area contributed by atoms with Crippen molar-refractivity contribution < 1.29 is 14.7 Å². The minimum absolute atomic E-state index is 0.0566. The van der Waals surface area contributed by atoms with Gasteiger partial charge in [0.05, 0.1) is 6.04 Å². The van der Waals surface area contributed by atoms with E-state index in [0.717, 1.165) is 25.8 Å². The second kappa shape index (κ2) is 7.62. The van der Waals surface area contributed by atoms with Crippen molar-refractivity contribution in [2.75, 3.05) is 13.1 Å². The van der Waals surface area contributed by atoms with E-state index in [1.54, 1.807) is 0 Å². The highest BCUT2D eigenvalue weighted by Gasteiger charge is 2.25. The minimum Gasteiger partial charge on any atom is -0.481 e. The third-order valence-electron chi connectivity index (χ3n) is 4.10. The van der Waals surface area contributed by atoms with Crippen molar-refractivity contribution >= 4 is 11.9 Å².